The number of aliphatic hydroxyl groups excluding tert-OH is 1. The molecule has 0 aromatic heterocycles. The van der Waals surface area contributed by atoms with Gasteiger partial charge in [-0.2, -0.15) is 0 Å². The van der Waals surface area contributed by atoms with Crippen LogP contribution in [0.1, 0.15) is 64.5 Å². The first-order valence-corrected chi connectivity index (χ1v) is 11.0. The van der Waals surface area contributed by atoms with Gasteiger partial charge in [-0.25, -0.2) is 0 Å². The van der Waals surface area contributed by atoms with Crippen molar-refractivity contribution >= 4 is 29.9 Å². The van der Waals surface area contributed by atoms with E-state index in [0.29, 0.717) is 6.54 Å². The lowest BCUT2D eigenvalue weighted by Crippen LogP contribution is -2.38. The molecule has 174 valence electrons. The van der Waals surface area contributed by atoms with Crippen LogP contribution in [0.25, 0.3) is 0 Å². The highest BCUT2D eigenvalue weighted by Crippen LogP contribution is 2.19. The van der Waals surface area contributed by atoms with Crippen molar-refractivity contribution in [1.29, 1.82) is 0 Å². The van der Waals surface area contributed by atoms with E-state index in [1.807, 2.05) is 45.0 Å². The Kier molecular flexibility index (Phi) is 17.0. The summed E-state index contributed by atoms with van der Waals surface area (Å²) in [7, 11) is 4.25. The summed E-state index contributed by atoms with van der Waals surface area (Å²) in [6, 6.07) is 7.58. The Bertz CT molecular complexity index is 565. The number of benzene rings is 1. The van der Waals surface area contributed by atoms with Crippen LogP contribution >= 0.6 is 24.0 Å². The third kappa shape index (κ3) is 14.0. The maximum Gasteiger partial charge on any atom is 0.191 e. The summed E-state index contributed by atoms with van der Waals surface area (Å²) in [5.74, 6) is 1.58. The predicted octanol–water partition coefficient (Wildman–Crippen LogP) is 4.19. The molecule has 0 aliphatic heterocycles. The van der Waals surface area contributed by atoms with Crippen LogP contribution in [0, 0.1) is 0 Å². The van der Waals surface area contributed by atoms with E-state index in [9.17, 15) is 5.11 Å². The number of nitrogens with one attached hydrogen (secondary N) is 2. The molecule has 1 atom stereocenters. The molecule has 1 rings (SSSR count). The molecular formula is C23H43IN4O2. The molecular weight excluding hydrogens is 491 g/mol. The fourth-order valence-electron chi connectivity index (χ4n) is 2.96. The number of nitrogens with zero attached hydrogens (tertiary/aromatic N) is 2. The molecule has 6 nitrogen and oxygen atoms in total. The molecule has 3 N–H and O–H groups in total. The predicted molar refractivity (Wildman–Crippen MR) is 138 cm³/mol. The Hall–Kier alpha value is -1.06. The third-order valence-electron chi connectivity index (χ3n) is 4.48. The maximum absolute atomic E-state index is 10.4. The standard InChI is InChI=1S/C23H42N4O2.HI/c1-6-24-23(25-16-10-8-7-9-11-17-27(4)5)26-18-22(28)20-12-14-21(15-13-20)29-19(2)3;/h12-15,19,22,28H,6-11,16-18H2,1-5H3,(H2,24,25,26);1H. The van der Waals surface area contributed by atoms with Crippen molar-refractivity contribution in [3.63, 3.8) is 0 Å². The van der Waals surface area contributed by atoms with Gasteiger partial charge in [0.1, 0.15) is 5.75 Å². The highest BCUT2D eigenvalue weighted by Gasteiger charge is 2.08. The molecule has 0 spiro atoms. The van der Waals surface area contributed by atoms with E-state index in [2.05, 4.69) is 34.6 Å². The Morgan fingerprint density at radius 2 is 1.67 bits per heavy atom. The normalized spacial score (nSPS) is 12.6. The number of aliphatic hydroxyl groups is 1. The summed E-state index contributed by atoms with van der Waals surface area (Å²) in [5.41, 5.74) is 0.846. The summed E-state index contributed by atoms with van der Waals surface area (Å²) in [6.07, 6.45) is 5.71. The number of hydrogen-bond acceptors (Lipinski definition) is 4. The minimum Gasteiger partial charge on any atom is -0.491 e. The van der Waals surface area contributed by atoms with Crippen LogP contribution in [0.3, 0.4) is 0 Å². The molecule has 0 aliphatic rings. The Labute approximate surface area is 200 Å². The first-order chi connectivity index (χ1) is 13.9. The maximum atomic E-state index is 10.4. The van der Waals surface area contributed by atoms with Gasteiger partial charge in [0, 0.05) is 13.1 Å². The van der Waals surface area contributed by atoms with E-state index in [4.69, 9.17) is 4.74 Å². The van der Waals surface area contributed by atoms with Crippen LogP contribution in [0.15, 0.2) is 29.3 Å². The molecule has 0 heterocycles. The summed E-state index contributed by atoms with van der Waals surface area (Å²) in [4.78, 5) is 6.77. The van der Waals surface area contributed by atoms with Gasteiger partial charge in [-0.1, -0.05) is 31.4 Å². The summed E-state index contributed by atoms with van der Waals surface area (Å²) >= 11 is 0. The summed E-state index contributed by atoms with van der Waals surface area (Å²) in [6.45, 7) is 9.24. The van der Waals surface area contributed by atoms with Gasteiger partial charge in [-0.05, 0) is 71.9 Å². The highest BCUT2D eigenvalue weighted by atomic mass is 127. The smallest absolute Gasteiger partial charge is 0.191 e. The van der Waals surface area contributed by atoms with Gasteiger partial charge >= 0.3 is 0 Å². The minimum absolute atomic E-state index is 0. The van der Waals surface area contributed by atoms with Crippen LogP contribution in [-0.2, 0) is 0 Å². The second-order valence-corrected chi connectivity index (χ2v) is 7.97. The molecule has 1 aromatic rings. The van der Waals surface area contributed by atoms with Gasteiger partial charge < -0.3 is 25.4 Å². The van der Waals surface area contributed by atoms with Crippen LogP contribution in [0.5, 0.6) is 5.75 Å². The third-order valence-corrected chi connectivity index (χ3v) is 4.48. The van der Waals surface area contributed by atoms with Gasteiger partial charge in [0.2, 0.25) is 0 Å². The average molecular weight is 535 g/mol. The highest BCUT2D eigenvalue weighted by molar-refractivity contribution is 14.0. The zero-order chi connectivity index (χ0) is 21.5. The lowest BCUT2D eigenvalue weighted by molar-refractivity contribution is 0.186. The quantitative estimate of drug-likeness (QED) is 0.145. The molecule has 1 unspecified atom stereocenters. The van der Waals surface area contributed by atoms with Crippen molar-refractivity contribution in [3.8, 4) is 5.75 Å². The molecule has 0 fully saturated rings. The van der Waals surface area contributed by atoms with Gasteiger partial charge in [-0.3, -0.25) is 4.99 Å². The van der Waals surface area contributed by atoms with Crippen LogP contribution in [-0.4, -0.2) is 62.3 Å². The van der Waals surface area contributed by atoms with Crippen LogP contribution in [0.2, 0.25) is 0 Å². The molecule has 1 aromatic carbocycles. The van der Waals surface area contributed by atoms with Crippen LogP contribution < -0.4 is 15.4 Å². The van der Waals surface area contributed by atoms with E-state index < -0.39 is 6.10 Å². The monoisotopic (exact) mass is 534 g/mol. The number of rotatable bonds is 14. The molecule has 30 heavy (non-hydrogen) atoms. The number of guanidine groups is 1. The van der Waals surface area contributed by atoms with Gasteiger partial charge in [0.15, 0.2) is 5.96 Å². The molecule has 0 amide bonds. The van der Waals surface area contributed by atoms with Crippen molar-refractivity contribution in [2.45, 2.75) is 65.1 Å². The van der Waals surface area contributed by atoms with E-state index >= 15 is 0 Å². The first-order valence-electron chi connectivity index (χ1n) is 11.0. The lowest BCUT2D eigenvalue weighted by Gasteiger charge is -2.14. The van der Waals surface area contributed by atoms with Crippen molar-refractivity contribution in [3.05, 3.63) is 29.8 Å². The number of halogens is 1. The van der Waals surface area contributed by atoms with E-state index in [-0.39, 0.29) is 30.1 Å². The van der Waals surface area contributed by atoms with Gasteiger partial charge in [0.25, 0.3) is 0 Å². The Balaban J connectivity index is 0.00000841. The molecule has 0 saturated carbocycles. The fraction of sp³-hybridized carbons (Fsp3) is 0.696. The number of hydrogen-bond donors (Lipinski definition) is 3. The molecule has 0 radical (unpaired) electrons. The van der Waals surface area contributed by atoms with Crippen molar-refractivity contribution in [1.82, 2.24) is 15.5 Å². The number of aliphatic imine (C=N–C) groups is 1. The first kappa shape index (κ1) is 28.9. The topological polar surface area (TPSA) is 69.1 Å². The van der Waals surface area contributed by atoms with Crippen molar-refractivity contribution in [2.75, 3.05) is 40.3 Å². The largest absolute Gasteiger partial charge is 0.491 e. The zero-order valence-corrected chi connectivity index (χ0v) is 21.8. The summed E-state index contributed by atoms with van der Waals surface area (Å²) in [5, 5.41) is 17.0. The lowest BCUT2D eigenvalue weighted by atomic mass is 10.1. The van der Waals surface area contributed by atoms with Crippen molar-refractivity contribution < 1.29 is 9.84 Å². The van der Waals surface area contributed by atoms with Crippen molar-refractivity contribution in [2.24, 2.45) is 4.99 Å². The number of unbranched alkanes of at least 4 members (excludes halogenated alkanes) is 4. The molecule has 0 saturated heterocycles. The van der Waals surface area contributed by atoms with Gasteiger partial charge in [0.05, 0.1) is 18.8 Å². The minimum atomic E-state index is -0.629. The Morgan fingerprint density at radius 3 is 2.27 bits per heavy atom. The molecule has 0 aliphatic carbocycles. The zero-order valence-electron chi connectivity index (χ0n) is 19.5. The summed E-state index contributed by atoms with van der Waals surface area (Å²) < 4.78 is 5.64. The van der Waals surface area contributed by atoms with Gasteiger partial charge in [-0.15, -0.1) is 24.0 Å². The second-order valence-electron chi connectivity index (χ2n) is 7.97. The van der Waals surface area contributed by atoms with E-state index in [1.165, 1.54) is 32.2 Å². The average Bonchev–Trinajstić information content (AvgIpc) is 2.67. The molecule has 0 bridgehead atoms. The van der Waals surface area contributed by atoms with E-state index in [1.54, 1.807) is 0 Å². The fourth-order valence-corrected chi connectivity index (χ4v) is 2.96. The van der Waals surface area contributed by atoms with Crippen LogP contribution in [0.4, 0.5) is 0 Å². The Morgan fingerprint density at radius 1 is 1.03 bits per heavy atom. The number of ether oxygens (including phenoxy) is 1. The van der Waals surface area contributed by atoms with E-state index in [0.717, 1.165) is 36.8 Å². The second kappa shape index (κ2) is 17.6. The molecule has 7 heteroatoms. The SMILES string of the molecule is CCNC(=NCC(O)c1ccc(OC(C)C)cc1)NCCCCCCCN(C)C.I.